The Balaban J connectivity index is 1.67. The van der Waals surface area contributed by atoms with Crippen LogP contribution in [0.1, 0.15) is 38.8 Å². The van der Waals surface area contributed by atoms with Crippen LogP contribution in [0.25, 0.3) is 11.1 Å². The summed E-state index contributed by atoms with van der Waals surface area (Å²) in [6.45, 7) is 13.0. The summed E-state index contributed by atoms with van der Waals surface area (Å²) in [5, 5.41) is 0. The summed E-state index contributed by atoms with van der Waals surface area (Å²) in [6.07, 6.45) is 0.972. The molecule has 0 saturated carbocycles. The molecule has 3 rings (SSSR count). The first-order valence-electron chi connectivity index (χ1n) is 11.0. The minimum atomic E-state index is 0.972. The third kappa shape index (κ3) is 5.20. The van der Waals surface area contributed by atoms with Crippen molar-refractivity contribution in [3.8, 4) is 11.1 Å². The summed E-state index contributed by atoms with van der Waals surface area (Å²) in [7, 11) is 0. The van der Waals surface area contributed by atoms with E-state index in [0.717, 1.165) is 32.6 Å². The zero-order valence-electron chi connectivity index (χ0n) is 18.4. The van der Waals surface area contributed by atoms with Gasteiger partial charge in [0.25, 0.3) is 0 Å². The smallest absolute Gasteiger partial charge is 0.0366 e. The Morgan fingerprint density at radius 3 is 1.14 bits per heavy atom. The summed E-state index contributed by atoms with van der Waals surface area (Å²) in [5.74, 6) is 0. The fourth-order valence-electron chi connectivity index (χ4n) is 3.92. The fourth-order valence-corrected chi connectivity index (χ4v) is 3.92. The quantitative estimate of drug-likeness (QED) is 0.407. The van der Waals surface area contributed by atoms with E-state index >= 15 is 0 Å². The second-order valence-corrected chi connectivity index (χ2v) is 7.43. The fraction of sp³-hybridized carbons (Fsp3) is 0.333. The highest BCUT2D eigenvalue weighted by molar-refractivity contribution is 5.66. The van der Waals surface area contributed by atoms with E-state index in [-0.39, 0.29) is 0 Å². The van der Waals surface area contributed by atoms with E-state index in [4.69, 9.17) is 0 Å². The lowest BCUT2D eigenvalue weighted by molar-refractivity contribution is 0.866. The predicted octanol–water partition coefficient (Wildman–Crippen LogP) is 6.64. The van der Waals surface area contributed by atoms with Gasteiger partial charge in [-0.15, -0.1) is 0 Å². The highest BCUT2D eigenvalue weighted by Crippen LogP contribution is 2.24. The van der Waals surface area contributed by atoms with Crippen LogP contribution in [0.15, 0.2) is 72.8 Å². The van der Waals surface area contributed by atoms with E-state index in [1.807, 2.05) is 0 Å². The van der Waals surface area contributed by atoms with E-state index in [2.05, 4.69) is 110 Å². The molecule has 0 unspecified atom stereocenters. The van der Waals surface area contributed by atoms with Crippen molar-refractivity contribution in [3.05, 3.63) is 83.9 Å². The molecule has 0 radical (unpaired) electrons. The standard InChI is InChI=1S/C27H34N2/c1-5-28(6-2)26-17-11-23(12-18-26)21-22-9-13-24(14-10-22)25-15-19-27(20-16-25)29(7-3)8-4/h9-20H,5-8,21H2,1-4H3. The van der Waals surface area contributed by atoms with Gasteiger partial charge in [0.2, 0.25) is 0 Å². The SMILES string of the molecule is CCN(CC)c1ccc(Cc2ccc(-c3ccc(N(CC)CC)cc3)cc2)cc1. The van der Waals surface area contributed by atoms with Gasteiger partial charge in [-0.1, -0.05) is 48.5 Å². The van der Waals surface area contributed by atoms with Crippen LogP contribution < -0.4 is 9.80 Å². The van der Waals surface area contributed by atoms with Crippen molar-refractivity contribution in [3.63, 3.8) is 0 Å². The number of rotatable bonds is 9. The molecule has 0 atom stereocenters. The average Bonchev–Trinajstić information content (AvgIpc) is 2.78. The van der Waals surface area contributed by atoms with E-state index in [1.165, 1.54) is 33.6 Å². The number of hydrogen-bond acceptors (Lipinski definition) is 2. The zero-order valence-corrected chi connectivity index (χ0v) is 18.4. The van der Waals surface area contributed by atoms with Crippen molar-refractivity contribution in [2.24, 2.45) is 0 Å². The predicted molar refractivity (Wildman–Crippen MR) is 128 cm³/mol. The number of nitrogens with zero attached hydrogens (tertiary/aromatic N) is 2. The van der Waals surface area contributed by atoms with Crippen LogP contribution in [-0.2, 0) is 6.42 Å². The topological polar surface area (TPSA) is 6.48 Å². The van der Waals surface area contributed by atoms with Gasteiger partial charge in [-0.05, 0) is 80.6 Å². The highest BCUT2D eigenvalue weighted by Gasteiger charge is 2.05. The van der Waals surface area contributed by atoms with Gasteiger partial charge >= 0.3 is 0 Å². The minimum Gasteiger partial charge on any atom is -0.372 e. The summed E-state index contributed by atoms with van der Waals surface area (Å²) in [4.78, 5) is 4.75. The Labute approximate surface area is 176 Å². The number of anilines is 2. The second-order valence-electron chi connectivity index (χ2n) is 7.43. The van der Waals surface area contributed by atoms with E-state index in [1.54, 1.807) is 0 Å². The molecular formula is C27H34N2. The molecular weight excluding hydrogens is 352 g/mol. The maximum Gasteiger partial charge on any atom is 0.0366 e. The van der Waals surface area contributed by atoms with Gasteiger partial charge in [0.1, 0.15) is 0 Å². The summed E-state index contributed by atoms with van der Waals surface area (Å²) in [6, 6.07) is 26.9. The molecule has 0 spiro atoms. The first kappa shape index (κ1) is 21.0. The Kier molecular flexibility index (Phi) is 7.35. The summed E-state index contributed by atoms with van der Waals surface area (Å²) < 4.78 is 0. The Morgan fingerprint density at radius 1 is 0.448 bits per heavy atom. The molecule has 0 amide bonds. The molecule has 0 heterocycles. The Morgan fingerprint density at radius 2 is 0.759 bits per heavy atom. The van der Waals surface area contributed by atoms with Crippen LogP contribution in [-0.4, -0.2) is 26.2 Å². The van der Waals surface area contributed by atoms with E-state index in [0.29, 0.717) is 0 Å². The van der Waals surface area contributed by atoms with Crippen LogP contribution >= 0.6 is 0 Å². The zero-order chi connectivity index (χ0) is 20.6. The van der Waals surface area contributed by atoms with Gasteiger partial charge in [0.05, 0.1) is 0 Å². The second kappa shape index (κ2) is 10.2. The average molecular weight is 387 g/mol. The monoisotopic (exact) mass is 386 g/mol. The summed E-state index contributed by atoms with van der Waals surface area (Å²) in [5.41, 5.74) is 7.86. The van der Waals surface area contributed by atoms with Gasteiger partial charge in [-0.2, -0.15) is 0 Å². The van der Waals surface area contributed by atoms with Crippen molar-refractivity contribution in [1.82, 2.24) is 0 Å². The largest absolute Gasteiger partial charge is 0.372 e. The lowest BCUT2D eigenvalue weighted by Gasteiger charge is -2.21. The lowest BCUT2D eigenvalue weighted by atomic mass is 10.00. The number of benzene rings is 3. The van der Waals surface area contributed by atoms with Gasteiger partial charge in [0, 0.05) is 37.6 Å². The van der Waals surface area contributed by atoms with Crippen LogP contribution in [0, 0.1) is 0 Å². The Hall–Kier alpha value is -2.74. The minimum absolute atomic E-state index is 0.972. The van der Waals surface area contributed by atoms with Crippen molar-refractivity contribution in [1.29, 1.82) is 0 Å². The molecule has 0 aliphatic rings. The molecule has 2 nitrogen and oxygen atoms in total. The molecule has 3 aromatic carbocycles. The summed E-state index contributed by atoms with van der Waals surface area (Å²) >= 11 is 0. The van der Waals surface area contributed by atoms with Crippen molar-refractivity contribution in [2.45, 2.75) is 34.1 Å². The van der Waals surface area contributed by atoms with Gasteiger partial charge in [0.15, 0.2) is 0 Å². The molecule has 2 heteroatoms. The molecule has 0 N–H and O–H groups in total. The molecule has 0 fully saturated rings. The van der Waals surface area contributed by atoms with E-state index in [9.17, 15) is 0 Å². The lowest BCUT2D eigenvalue weighted by Crippen LogP contribution is -2.21. The molecule has 0 aliphatic carbocycles. The van der Waals surface area contributed by atoms with Crippen molar-refractivity contribution < 1.29 is 0 Å². The molecule has 152 valence electrons. The molecule has 0 saturated heterocycles. The van der Waals surface area contributed by atoms with Crippen molar-refractivity contribution in [2.75, 3.05) is 36.0 Å². The van der Waals surface area contributed by atoms with Gasteiger partial charge in [-0.25, -0.2) is 0 Å². The van der Waals surface area contributed by atoms with Crippen molar-refractivity contribution >= 4 is 11.4 Å². The Bertz CT molecular complexity index is 856. The molecule has 3 aromatic rings. The first-order valence-corrected chi connectivity index (χ1v) is 11.0. The third-order valence-corrected chi connectivity index (χ3v) is 5.76. The van der Waals surface area contributed by atoms with Gasteiger partial charge in [-0.3, -0.25) is 0 Å². The van der Waals surface area contributed by atoms with E-state index < -0.39 is 0 Å². The maximum atomic E-state index is 2.38. The molecule has 0 bridgehead atoms. The van der Waals surface area contributed by atoms with Crippen LogP contribution in [0.2, 0.25) is 0 Å². The molecule has 0 aromatic heterocycles. The normalized spacial score (nSPS) is 10.8. The first-order chi connectivity index (χ1) is 14.2. The maximum absolute atomic E-state index is 2.38. The highest BCUT2D eigenvalue weighted by atomic mass is 15.1. The van der Waals surface area contributed by atoms with Crippen LogP contribution in [0.4, 0.5) is 11.4 Å². The van der Waals surface area contributed by atoms with Crippen LogP contribution in [0.5, 0.6) is 0 Å². The molecule has 0 aliphatic heterocycles. The third-order valence-electron chi connectivity index (χ3n) is 5.76. The van der Waals surface area contributed by atoms with Crippen LogP contribution in [0.3, 0.4) is 0 Å². The van der Waals surface area contributed by atoms with Gasteiger partial charge < -0.3 is 9.80 Å². The molecule has 29 heavy (non-hydrogen) atoms. The number of hydrogen-bond donors (Lipinski definition) is 0.